The Morgan fingerprint density at radius 3 is 2.30 bits per heavy atom. The second kappa shape index (κ2) is 18.4. The lowest BCUT2D eigenvalue weighted by molar-refractivity contribution is -0.159. The Hall–Kier alpha value is -0.640. The Balaban J connectivity index is 0. The minimum absolute atomic E-state index is 0.0645. The summed E-state index contributed by atoms with van der Waals surface area (Å²) in [6, 6.07) is -0.262. The van der Waals surface area contributed by atoms with Crippen LogP contribution in [0.2, 0.25) is 0 Å². The molecule has 0 aliphatic carbocycles. The Labute approximate surface area is 120 Å². The van der Waals surface area contributed by atoms with Gasteiger partial charge in [-0.05, 0) is 13.3 Å². The smallest absolute Gasteiger partial charge is 0.157 e. The maximum atomic E-state index is 10.3. The fourth-order valence-electron chi connectivity index (χ4n) is 1.25. The zero-order valence-electron chi connectivity index (χ0n) is 12.4. The number of nitrogens with zero attached hydrogens (tertiary/aromatic N) is 1. The van der Waals surface area contributed by atoms with E-state index < -0.39 is 6.29 Å². The summed E-state index contributed by atoms with van der Waals surface area (Å²) in [5.74, 6) is 0. The van der Waals surface area contributed by atoms with Crippen LogP contribution in [0.3, 0.4) is 0 Å². The first-order chi connectivity index (χ1) is 9.74. The molecule has 20 heavy (non-hydrogen) atoms. The summed E-state index contributed by atoms with van der Waals surface area (Å²) in [4.78, 5) is 10.3. The lowest BCUT2D eigenvalue weighted by Crippen LogP contribution is -2.23. The second-order valence-corrected chi connectivity index (χ2v) is 3.83. The van der Waals surface area contributed by atoms with Crippen molar-refractivity contribution in [2.45, 2.75) is 32.1 Å². The van der Waals surface area contributed by atoms with Gasteiger partial charge in [0.05, 0.1) is 39.1 Å². The largest absolute Gasteiger partial charge is 0.400 e. The molecule has 0 aliphatic rings. The third kappa shape index (κ3) is 15.4. The van der Waals surface area contributed by atoms with E-state index in [0.717, 1.165) is 7.11 Å². The van der Waals surface area contributed by atoms with E-state index in [2.05, 4.69) is 5.18 Å². The van der Waals surface area contributed by atoms with Gasteiger partial charge in [-0.25, -0.2) is 0 Å². The van der Waals surface area contributed by atoms with Gasteiger partial charge in [-0.2, -0.15) is 4.91 Å². The topological polar surface area (TPSA) is 124 Å². The highest BCUT2D eigenvalue weighted by Crippen LogP contribution is 2.09. The van der Waals surface area contributed by atoms with E-state index in [9.17, 15) is 4.91 Å². The Kier molecular flexibility index (Phi) is 19.9. The molecule has 0 aromatic carbocycles. The van der Waals surface area contributed by atoms with E-state index in [1.807, 2.05) is 0 Å². The molecule has 122 valence electrons. The van der Waals surface area contributed by atoms with Gasteiger partial charge in [-0.15, -0.1) is 0 Å². The molecule has 0 aromatic heterocycles. The van der Waals surface area contributed by atoms with Crippen molar-refractivity contribution in [2.75, 3.05) is 46.7 Å². The number of ether oxygens (including phenoxy) is 3. The zero-order chi connectivity index (χ0) is 15.6. The first kappa shape index (κ1) is 21.7. The van der Waals surface area contributed by atoms with Crippen LogP contribution >= 0.6 is 0 Å². The van der Waals surface area contributed by atoms with Crippen LogP contribution in [0.5, 0.6) is 0 Å². The normalized spacial score (nSPS) is 13.2. The predicted octanol–water partition coefficient (Wildman–Crippen LogP) is -0.143. The van der Waals surface area contributed by atoms with Crippen molar-refractivity contribution in [3.05, 3.63) is 4.91 Å². The quantitative estimate of drug-likeness (QED) is 0.245. The monoisotopic (exact) mass is 296 g/mol. The van der Waals surface area contributed by atoms with Crippen molar-refractivity contribution in [2.24, 2.45) is 10.9 Å². The molecule has 0 fully saturated rings. The van der Waals surface area contributed by atoms with Crippen LogP contribution in [0.15, 0.2) is 5.18 Å². The van der Waals surface area contributed by atoms with E-state index in [0.29, 0.717) is 39.2 Å². The van der Waals surface area contributed by atoms with Crippen molar-refractivity contribution >= 4 is 0 Å². The number of nitrogens with two attached hydrogens (primary N) is 1. The summed E-state index contributed by atoms with van der Waals surface area (Å²) in [5.41, 5.74) is 5.27. The number of nitroso groups, excluding NO2 is 1. The third-order valence-electron chi connectivity index (χ3n) is 2.19. The van der Waals surface area contributed by atoms with Gasteiger partial charge in [0.25, 0.3) is 0 Å². The molecule has 0 amide bonds. The standard InChI is InChI=1S/C11H24N2O5.CH4O/c1-10(13-15)2-3-11(17-7-5-14)18-9-8-16-6-4-12;1-2/h10-11,14H,2-9,12H2,1H3;2H,1H3. The van der Waals surface area contributed by atoms with Gasteiger partial charge in [0.1, 0.15) is 0 Å². The Morgan fingerprint density at radius 1 is 1.10 bits per heavy atom. The van der Waals surface area contributed by atoms with E-state index in [-0.39, 0.29) is 19.3 Å². The average Bonchev–Trinajstić information content (AvgIpc) is 2.50. The van der Waals surface area contributed by atoms with Crippen molar-refractivity contribution in [1.29, 1.82) is 0 Å². The van der Waals surface area contributed by atoms with E-state index in [4.69, 9.17) is 30.2 Å². The fraction of sp³-hybridized carbons (Fsp3) is 1.00. The van der Waals surface area contributed by atoms with Crippen LogP contribution in [-0.4, -0.2) is 69.2 Å². The van der Waals surface area contributed by atoms with Crippen LogP contribution in [0.25, 0.3) is 0 Å². The molecule has 4 N–H and O–H groups in total. The van der Waals surface area contributed by atoms with Crippen LogP contribution in [0.1, 0.15) is 19.8 Å². The van der Waals surface area contributed by atoms with Crippen LogP contribution in [-0.2, 0) is 14.2 Å². The van der Waals surface area contributed by atoms with Gasteiger partial charge in [0, 0.05) is 20.1 Å². The summed E-state index contributed by atoms with van der Waals surface area (Å²) < 4.78 is 15.9. The maximum Gasteiger partial charge on any atom is 0.157 e. The summed E-state index contributed by atoms with van der Waals surface area (Å²) >= 11 is 0. The first-order valence-corrected chi connectivity index (χ1v) is 6.63. The van der Waals surface area contributed by atoms with Gasteiger partial charge in [0.15, 0.2) is 6.29 Å². The van der Waals surface area contributed by atoms with Gasteiger partial charge in [0.2, 0.25) is 0 Å². The first-order valence-electron chi connectivity index (χ1n) is 6.63. The molecule has 0 aromatic rings. The molecular formula is C12H28N2O6. The highest BCUT2D eigenvalue weighted by Gasteiger charge is 2.12. The number of aliphatic hydroxyl groups excluding tert-OH is 2. The van der Waals surface area contributed by atoms with E-state index >= 15 is 0 Å². The fourth-order valence-corrected chi connectivity index (χ4v) is 1.25. The van der Waals surface area contributed by atoms with Gasteiger partial charge >= 0.3 is 0 Å². The minimum Gasteiger partial charge on any atom is -0.400 e. The molecular weight excluding hydrogens is 268 g/mol. The number of aliphatic hydroxyl groups is 2. The molecule has 0 rings (SSSR count). The second-order valence-electron chi connectivity index (χ2n) is 3.83. The van der Waals surface area contributed by atoms with E-state index in [1.165, 1.54) is 0 Å². The van der Waals surface area contributed by atoms with Crippen molar-refractivity contribution < 1.29 is 24.4 Å². The minimum atomic E-state index is -0.442. The highest BCUT2D eigenvalue weighted by molar-refractivity contribution is 4.60. The molecule has 0 heterocycles. The molecule has 2 atom stereocenters. The van der Waals surface area contributed by atoms with E-state index in [1.54, 1.807) is 6.92 Å². The molecule has 0 saturated heterocycles. The maximum absolute atomic E-state index is 10.3. The molecule has 0 spiro atoms. The lowest BCUT2D eigenvalue weighted by Gasteiger charge is -2.18. The molecule has 8 heteroatoms. The van der Waals surface area contributed by atoms with Crippen LogP contribution in [0, 0.1) is 4.91 Å². The molecule has 2 unspecified atom stereocenters. The molecule has 0 radical (unpaired) electrons. The summed E-state index contributed by atoms with van der Waals surface area (Å²) in [5, 5.41) is 18.6. The summed E-state index contributed by atoms with van der Waals surface area (Å²) in [6.07, 6.45) is 0.704. The number of hydrogen-bond donors (Lipinski definition) is 3. The van der Waals surface area contributed by atoms with Gasteiger partial charge < -0.3 is 30.2 Å². The Morgan fingerprint density at radius 2 is 1.75 bits per heavy atom. The summed E-state index contributed by atoms with van der Waals surface area (Å²) in [6.45, 7) is 3.68. The predicted molar refractivity (Wildman–Crippen MR) is 75.3 cm³/mol. The summed E-state index contributed by atoms with van der Waals surface area (Å²) in [7, 11) is 1.00. The average molecular weight is 296 g/mol. The van der Waals surface area contributed by atoms with Gasteiger partial charge in [-0.1, -0.05) is 5.18 Å². The molecule has 0 aliphatic heterocycles. The van der Waals surface area contributed by atoms with Crippen molar-refractivity contribution in [3.8, 4) is 0 Å². The molecule has 0 saturated carbocycles. The third-order valence-corrected chi connectivity index (χ3v) is 2.19. The van der Waals surface area contributed by atoms with Crippen LogP contribution in [0.4, 0.5) is 0 Å². The van der Waals surface area contributed by atoms with Gasteiger partial charge in [-0.3, -0.25) is 0 Å². The SMILES string of the molecule is CC(CCC(OCCO)OCCOCCN)N=O.CO. The lowest BCUT2D eigenvalue weighted by atomic mass is 10.2. The Bertz CT molecular complexity index is 197. The number of rotatable bonds is 13. The number of hydrogen-bond acceptors (Lipinski definition) is 8. The zero-order valence-corrected chi connectivity index (χ0v) is 12.4. The molecule has 0 bridgehead atoms. The van der Waals surface area contributed by atoms with Crippen molar-refractivity contribution in [1.82, 2.24) is 0 Å². The van der Waals surface area contributed by atoms with Crippen molar-refractivity contribution in [3.63, 3.8) is 0 Å². The molecule has 8 nitrogen and oxygen atoms in total. The van der Waals surface area contributed by atoms with Crippen LogP contribution < -0.4 is 5.73 Å². The highest BCUT2D eigenvalue weighted by atomic mass is 16.7.